The lowest BCUT2D eigenvalue weighted by Crippen LogP contribution is -2.16. The molecule has 2 aromatic carbocycles. The van der Waals surface area contributed by atoms with Gasteiger partial charge in [0.1, 0.15) is 5.69 Å². The predicted molar refractivity (Wildman–Crippen MR) is 122 cm³/mol. The molecule has 0 radical (unpaired) electrons. The van der Waals surface area contributed by atoms with E-state index in [2.05, 4.69) is 9.55 Å². The van der Waals surface area contributed by atoms with E-state index in [0.29, 0.717) is 17.6 Å². The van der Waals surface area contributed by atoms with Crippen molar-refractivity contribution in [3.05, 3.63) is 88.9 Å². The molecule has 0 aliphatic carbocycles. The van der Waals surface area contributed by atoms with Gasteiger partial charge in [0.25, 0.3) is 0 Å². The van der Waals surface area contributed by atoms with E-state index in [1.165, 1.54) is 0 Å². The Kier molecular flexibility index (Phi) is 5.30. The molecule has 7 heteroatoms. The first kappa shape index (κ1) is 20.8. The predicted octanol–water partition coefficient (Wildman–Crippen LogP) is 4.47. The lowest BCUT2D eigenvalue weighted by atomic mass is 10.1. The highest BCUT2D eigenvalue weighted by Crippen LogP contribution is 2.33. The average molecular weight is 442 g/mol. The minimum absolute atomic E-state index is 0.176. The Hall–Kier alpha value is -4.13. The summed E-state index contributed by atoms with van der Waals surface area (Å²) in [4.78, 5) is 29.6. The second-order valence-electron chi connectivity index (χ2n) is 7.95. The molecule has 0 N–H and O–H groups in total. The first-order chi connectivity index (χ1) is 16.0. The zero-order valence-corrected chi connectivity index (χ0v) is 18.3. The van der Waals surface area contributed by atoms with Gasteiger partial charge in [-0.05, 0) is 49.7 Å². The summed E-state index contributed by atoms with van der Waals surface area (Å²) in [6.07, 6.45) is 0. The number of rotatable bonds is 6. The third-order valence-electron chi connectivity index (χ3n) is 5.79. The molecule has 166 valence electrons. The summed E-state index contributed by atoms with van der Waals surface area (Å²) in [6, 6.07) is 18.6. The number of fused-ring (bicyclic) bond motifs is 2. The highest BCUT2D eigenvalue weighted by molar-refractivity contribution is 6.00. The molecule has 3 heterocycles. The number of ether oxygens (including phenoxy) is 3. The second-order valence-corrected chi connectivity index (χ2v) is 7.95. The van der Waals surface area contributed by atoms with Crippen LogP contribution in [0.2, 0.25) is 0 Å². The van der Waals surface area contributed by atoms with Crippen molar-refractivity contribution in [2.75, 3.05) is 13.4 Å². The zero-order chi connectivity index (χ0) is 22.9. The third kappa shape index (κ3) is 4.05. The molecule has 0 saturated heterocycles. The smallest absolute Gasteiger partial charge is 0.357 e. The normalized spacial score (nSPS) is 12.2. The number of benzene rings is 2. The number of Topliss-reactive ketones (excluding diaryl/α,β-unsaturated/α-hetero) is 1. The van der Waals surface area contributed by atoms with E-state index in [0.717, 1.165) is 33.8 Å². The quantitative estimate of drug-likeness (QED) is 0.324. The van der Waals surface area contributed by atoms with E-state index < -0.39 is 5.97 Å². The van der Waals surface area contributed by atoms with E-state index in [1.54, 1.807) is 6.07 Å². The van der Waals surface area contributed by atoms with Crippen LogP contribution in [0.5, 0.6) is 11.5 Å². The van der Waals surface area contributed by atoms with Crippen LogP contribution < -0.4 is 9.47 Å². The fourth-order valence-corrected chi connectivity index (χ4v) is 4.01. The number of aryl methyl sites for hydroxylation is 1. The zero-order valence-electron chi connectivity index (χ0n) is 18.3. The van der Waals surface area contributed by atoms with Gasteiger partial charge >= 0.3 is 5.97 Å². The van der Waals surface area contributed by atoms with Crippen LogP contribution in [0.15, 0.2) is 60.7 Å². The molecule has 2 aromatic heterocycles. The van der Waals surface area contributed by atoms with Crippen LogP contribution >= 0.6 is 0 Å². The van der Waals surface area contributed by atoms with Gasteiger partial charge < -0.3 is 18.8 Å². The molecule has 4 aromatic rings. The summed E-state index contributed by atoms with van der Waals surface area (Å²) in [5, 5.41) is 0.931. The minimum atomic E-state index is -0.622. The molecule has 0 fully saturated rings. The number of para-hydroxylation sites is 1. The molecular weight excluding hydrogens is 420 g/mol. The Morgan fingerprint density at radius 3 is 2.70 bits per heavy atom. The maximum atomic E-state index is 12.8. The van der Waals surface area contributed by atoms with Crippen molar-refractivity contribution >= 4 is 22.7 Å². The Morgan fingerprint density at radius 1 is 1.00 bits per heavy atom. The van der Waals surface area contributed by atoms with Crippen molar-refractivity contribution in [2.45, 2.75) is 20.4 Å². The van der Waals surface area contributed by atoms with Gasteiger partial charge in [0.15, 0.2) is 18.1 Å². The summed E-state index contributed by atoms with van der Waals surface area (Å²) in [5.74, 6) is 0.580. The van der Waals surface area contributed by atoms with Crippen LogP contribution in [-0.2, 0) is 11.3 Å². The average Bonchev–Trinajstić information content (AvgIpc) is 3.41. The van der Waals surface area contributed by atoms with E-state index >= 15 is 0 Å². The first-order valence-corrected chi connectivity index (χ1v) is 10.6. The Bertz CT molecular complexity index is 1390. The summed E-state index contributed by atoms with van der Waals surface area (Å²) in [6.45, 7) is 4.30. The summed E-state index contributed by atoms with van der Waals surface area (Å²) in [5.41, 5.74) is 4.20. The van der Waals surface area contributed by atoms with Crippen LogP contribution in [0.1, 0.15) is 37.8 Å². The summed E-state index contributed by atoms with van der Waals surface area (Å²) >= 11 is 0. The molecule has 33 heavy (non-hydrogen) atoms. The molecule has 1 aliphatic rings. The Labute approximate surface area is 190 Å². The van der Waals surface area contributed by atoms with Gasteiger partial charge in [0.05, 0.1) is 5.52 Å². The van der Waals surface area contributed by atoms with E-state index in [1.807, 2.05) is 68.4 Å². The van der Waals surface area contributed by atoms with Gasteiger partial charge in [-0.2, -0.15) is 0 Å². The lowest BCUT2D eigenvalue weighted by Gasteiger charge is -2.11. The molecule has 0 unspecified atom stereocenters. The highest BCUT2D eigenvalue weighted by atomic mass is 16.7. The monoisotopic (exact) mass is 442 g/mol. The van der Waals surface area contributed by atoms with Crippen LogP contribution in [0, 0.1) is 13.8 Å². The van der Waals surface area contributed by atoms with Gasteiger partial charge in [-0.1, -0.05) is 30.3 Å². The molecule has 5 rings (SSSR count). The number of esters is 1. The van der Waals surface area contributed by atoms with Crippen LogP contribution in [0.25, 0.3) is 10.9 Å². The Balaban J connectivity index is 1.28. The molecule has 0 bridgehead atoms. The largest absolute Gasteiger partial charge is 0.454 e. The van der Waals surface area contributed by atoms with Crippen molar-refractivity contribution < 1.29 is 23.8 Å². The maximum absolute atomic E-state index is 12.8. The van der Waals surface area contributed by atoms with Crippen LogP contribution in [-0.4, -0.2) is 34.7 Å². The SMILES string of the molecule is Cc1cc(C(=O)COC(=O)c2ccc3ccccc3n2)c(C)n1Cc1ccc2c(c1)OCO2. The number of aromatic nitrogens is 2. The molecule has 7 nitrogen and oxygen atoms in total. The number of hydrogen-bond donors (Lipinski definition) is 0. The summed E-state index contributed by atoms with van der Waals surface area (Å²) in [7, 11) is 0. The molecule has 1 aliphatic heterocycles. The van der Waals surface area contributed by atoms with Crippen molar-refractivity contribution in [1.82, 2.24) is 9.55 Å². The van der Waals surface area contributed by atoms with E-state index in [4.69, 9.17) is 14.2 Å². The van der Waals surface area contributed by atoms with Gasteiger partial charge in [0, 0.05) is 28.9 Å². The van der Waals surface area contributed by atoms with Gasteiger partial charge in [-0.15, -0.1) is 0 Å². The molecule has 0 amide bonds. The standard InChI is InChI=1S/C26H22N2O5/c1-16-11-20(17(2)28(16)13-18-7-10-24-25(12-18)33-15-32-24)23(29)14-31-26(30)22-9-8-19-5-3-4-6-21(19)27-22/h3-12H,13-15H2,1-2H3. The fraction of sp³-hybridized carbons (Fsp3) is 0.192. The minimum Gasteiger partial charge on any atom is -0.454 e. The van der Waals surface area contributed by atoms with Crippen molar-refractivity contribution in [3.8, 4) is 11.5 Å². The van der Waals surface area contributed by atoms with Crippen molar-refractivity contribution in [2.24, 2.45) is 0 Å². The topological polar surface area (TPSA) is 79.7 Å². The third-order valence-corrected chi connectivity index (χ3v) is 5.79. The fourth-order valence-electron chi connectivity index (χ4n) is 4.01. The number of pyridine rings is 1. The number of nitrogens with zero attached hydrogens (tertiary/aromatic N) is 2. The second kappa shape index (κ2) is 8.43. The van der Waals surface area contributed by atoms with E-state index in [9.17, 15) is 9.59 Å². The van der Waals surface area contributed by atoms with Gasteiger partial charge in [0.2, 0.25) is 12.6 Å². The number of carbonyl (C=O) groups excluding carboxylic acids is 2. The van der Waals surface area contributed by atoms with Gasteiger partial charge in [-0.25, -0.2) is 9.78 Å². The van der Waals surface area contributed by atoms with Crippen LogP contribution in [0.3, 0.4) is 0 Å². The number of carbonyl (C=O) groups is 2. The van der Waals surface area contributed by atoms with E-state index in [-0.39, 0.29) is 24.9 Å². The lowest BCUT2D eigenvalue weighted by molar-refractivity contribution is 0.0469. The van der Waals surface area contributed by atoms with Crippen molar-refractivity contribution in [3.63, 3.8) is 0 Å². The molecule has 0 atom stereocenters. The number of hydrogen-bond acceptors (Lipinski definition) is 6. The molecular formula is C26H22N2O5. The van der Waals surface area contributed by atoms with Crippen molar-refractivity contribution in [1.29, 1.82) is 0 Å². The highest BCUT2D eigenvalue weighted by Gasteiger charge is 2.20. The van der Waals surface area contributed by atoms with Gasteiger partial charge in [-0.3, -0.25) is 4.79 Å². The number of ketones is 1. The molecule has 0 saturated carbocycles. The Morgan fingerprint density at radius 2 is 1.82 bits per heavy atom. The maximum Gasteiger partial charge on any atom is 0.357 e. The first-order valence-electron chi connectivity index (χ1n) is 10.6. The van der Waals surface area contributed by atoms with Crippen LogP contribution in [0.4, 0.5) is 0 Å². The summed E-state index contributed by atoms with van der Waals surface area (Å²) < 4.78 is 18.2. The molecule has 0 spiro atoms.